The van der Waals surface area contributed by atoms with Crippen LogP contribution in [0.1, 0.15) is 32.1 Å². The number of hydrogen-bond donors (Lipinski definition) is 1. The van der Waals surface area contributed by atoms with Gasteiger partial charge in [-0.2, -0.15) is 0 Å². The maximum atomic E-state index is 11.7. The third kappa shape index (κ3) is 1.98. The van der Waals surface area contributed by atoms with Crippen LogP contribution in [-0.2, 0) is 14.6 Å². The fourth-order valence-electron chi connectivity index (χ4n) is 2.78. The van der Waals surface area contributed by atoms with Crippen LogP contribution >= 0.6 is 0 Å². The summed E-state index contributed by atoms with van der Waals surface area (Å²) in [6, 6.07) is 0. The molecule has 0 aromatic heterocycles. The summed E-state index contributed by atoms with van der Waals surface area (Å²) in [5.74, 6) is 0. The number of sulfone groups is 1. The molecule has 2 atom stereocenters. The fourth-order valence-corrected chi connectivity index (χ4v) is 4.35. The van der Waals surface area contributed by atoms with Crippen molar-refractivity contribution < 1.29 is 18.3 Å². The topological polar surface area (TPSA) is 63.6 Å². The zero-order valence-corrected chi connectivity index (χ0v) is 10.3. The molecule has 2 unspecified atom stereocenters. The second-order valence-electron chi connectivity index (χ2n) is 4.75. The summed E-state index contributed by atoms with van der Waals surface area (Å²) in [5, 5.41) is 9.92. The molecule has 1 N–H and O–H groups in total. The van der Waals surface area contributed by atoms with Crippen molar-refractivity contribution in [3.05, 3.63) is 11.8 Å². The third-order valence-corrected chi connectivity index (χ3v) is 5.22. The average molecular weight is 246 g/mol. The van der Waals surface area contributed by atoms with Crippen molar-refractivity contribution in [3.63, 3.8) is 0 Å². The summed E-state index contributed by atoms with van der Waals surface area (Å²) in [5.41, 5.74) is -0.430. The number of aliphatic hydroxyl groups is 1. The van der Waals surface area contributed by atoms with Gasteiger partial charge in [-0.05, 0) is 37.7 Å². The van der Waals surface area contributed by atoms with E-state index in [4.69, 9.17) is 4.74 Å². The molecule has 1 heterocycles. The van der Waals surface area contributed by atoms with Gasteiger partial charge in [0.2, 0.25) is 0 Å². The Morgan fingerprint density at radius 2 is 2.25 bits per heavy atom. The predicted octanol–water partition coefficient (Wildman–Crippen LogP) is 1.01. The zero-order chi connectivity index (χ0) is 11.8. The highest BCUT2D eigenvalue weighted by molar-refractivity contribution is 7.91. The summed E-state index contributed by atoms with van der Waals surface area (Å²) in [6.45, 7) is 0.656. The Bertz CT molecular complexity index is 398. The third-order valence-electron chi connectivity index (χ3n) is 3.56. The first-order chi connectivity index (χ1) is 7.44. The van der Waals surface area contributed by atoms with E-state index >= 15 is 0 Å². The van der Waals surface area contributed by atoms with Crippen molar-refractivity contribution in [2.24, 2.45) is 0 Å². The van der Waals surface area contributed by atoms with Crippen molar-refractivity contribution in [2.75, 3.05) is 12.9 Å². The highest BCUT2D eigenvalue weighted by Gasteiger charge is 2.49. The maximum absolute atomic E-state index is 11.7. The standard InChI is InChI=1S/C11H18O4S/c1-16(13,14)10-5-2-6-11(10,12)9-4-3-7-15-8-9/h8,10,12H,2-7H2,1H3. The molecule has 2 rings (SSSR count). The van der Waals surface area contributed by atoms with Crippen molar-refractivity contribution >= 4 is 9.84 Å². The Kier molecular flexibility index (Phi) is 3.01. The summed E-state index contributed by atoms with van der Waals surface area (Å²) < 4.78 is 28.5. The Morgan fingerprint density at radius 3 is 2.81 bits per heavy atom. The van der Waals surface area contributed by atoms with Crippen LogP contribution in [0.2, 0.25) is 0 Å². The smallest absolute Gasteiger partial charge is 0.153 e. The van der Waals surface area contributed by atoms with Gasteiger partial charge in [0.05, 0.1) is 18.1 Å². The van der Waals surface area contributed by atoms with Gasteiger partial charge in [0.1, 0.15) is 5.60 Å². The molecular weight excluding hydrogens is 228 g/mol. The van der Waals surface area contributed by atoms with Crippen LogP contribution < -0.4 is 0 Å². The molecule has 92 valence electrons. The van der Waals surface area contributed by atoms with Crippen molar-refractivity contribution in [1.82, 2.24) is 0 Å². The largest absolute Gasteiger partial charge is 0.501 e. The molecule has 16 heavy (non-hydrogen) atoms. The van der Waals surface area contributed by atoms with Crippen LogP contribution in [0.4, 0.5) is 0 Å². The van der Waals surface area contributed by atoms with E-state index in [1.807, 2.05) is 0 Å². The minimum absolute atomic E-state index is 0.528. The SMILES string of the molecule is CS(=O)(=O)C1CCCC1(O)C1=COCCC1. The summed E-state index contributed by atoms with van der Waals surface area (Å²) in [4.78, 5) is 0. The average Bonchev–Trinajstić information content (AvgIpc) is 2.63. The quantitative estimate of drug-likeness (QED) is 0.789. The molecule has 0 aromatic carbocycles. The molecule has 1 aliphatic heterocycles. The maximum Gasteiger partial charge on any atom is 0.153 e. The van der Waals surface area contributed by atoms with Crippen molar-refractivity contribution in [3.8, 4) is 0 Å². The minimum atomic E-state index is -3.21. The van der Waals surface area contributed by atoms with E-state index in [1.165, 1.54) is 6.26 Å². The van der Waals surface area contributed by atoms with Gasteiger partial charge in [-0.1, -0.05) is 0 Å². The lowest BCUT2D eigenvalue weighted by Gasteiger charge is -2.33. The molecule has 1 fully saturated rings. The monoisotopic (exact) mass is 246 g/mol. The van der Waals surface area contributed by atoms with Gasteiger partial charge in [-0.15, -0.1) is 0 Å². The molecule has 2 aliphatic rings. The second kappa shape index (κ2) is 4.04. The summed E-state index contributed by atoms with van der Waals surface area (Å²) in [7, 11) is -3.21. The Balaban J connectivity index is 2.32. The first-order valence-corrected chi connectivity index (χ1v) is 7.62. The molecule has 0 amide bonds. The van der Waals surface area contributed by atoms with Crippen LogP contribution in [0.3, 0.4) is 0 Å². The first kappa shape index (κ1) is 11.9. The summed E-state index contributed by atoms with van der Waals surface area (Å²) >= 11 is 0. The zero-order valence-electron chi connectivity index (χ0n) is 9.48. The van der Waals surface area contributed by atoms with Crippen LogP contribution in [0.15, 0.2) is 11.8 Å². The molecule has 5 heteroatoms. The van der Waals surface area contributed by atoms with E-state index in [1.54, 1.807) is 6.26 Å². The number of ether oxygens (including phenoxy) is 1. The molecule has 4 nitrogen and oxygen atoms in total. The Hall–Kier alpha value is -0.550. The minimum Gasteiger partial charge on any atom is -0.501 e. The molecule has 1 saturated carbocycles. The van der Waals surface area contributed by atoms with Gasteiger partial charge >= 0.3 is 0 Å². The van der Waals surface area contributed by atoms with E-state index in [-0.39, 0.29) is 0 Å². The van der Waals surface area contributed by atoms with Crippen LogP contribution in [-0.4, -0.2) is 37.2 Å². The number of hydrogen-bond acceptors (Lipinski definition) is 4. The molecule has 0 saturated heterocycles. The van der Waals surface area contributed by atoms with Gasteiger partial charge in [-0.25, -0.2) is 8.42 Å². The van der Waals surface area contributed by atoms with E-state index in [0.29, 0.717) is 19.4 Å². The van der Waals surface area contributed by atoms with Gasteiger partial charge in [0.25, 0.3) is 0 Å². The van der Waals surface area contributed by atoms with E-state index < -0.39 is 20.7 Å². The van der Waals surface area contributed by atoms with Crippen LogP contribution in [0, 0.1) is 0 Å². The lowest BCUT2D eigenvalue weighted by Crippen LogP contribution is -2.44. The van der Waals surface area contributed by atoms with Crippen molar-refractivity contribution in [1.29, 1.82) is 0 Å². The molecule has 0 bridgehead atoms. The van der Waals surface area contributed by atoms with Gasteiger partial charge in [0.15, 0.2) is 9.84 Å². The lowest BCUT2D eigenvalue weighted by molar-refractivity contribution is 0.0720. The van der Waals surface area contributed by atoms with E-state index in [9.17, 15) is 13.5 Å². The molecule has 0 spiro atoms. The van der Waals surface area contributed by atoms with Crippen LogP contribution in [0.5, 0.6) is 0 Å². The number of rotatable bonds is 2. The first-order valence-electron chi connectivity index (χ1n) is 5.67. The Morgan fingerprint density at radius 1 is 1.50 bits per heavy atom. The normalized spacial score (nSPS) is 35.6. The molecule has 1 aliphatic carbocycles. The highest BCUT2D eigenvalue weighted by atomic mass is 32.2. The molecule has 0 aromatic rings. The lowest BCUT2D eigenvalue weighted by atomic mass is 9.88. The van der Waals surface area contributed by atoms with Crippen molar-refractivity contribution in [2.45, 2.75) is 43.0 Å². The van der Waals surface area contributed by atoms with Gasteiger partial charge in [0, 0.05) is 6.26 Å². The fraction of sp³-hybridized carbons (Fsp3) is 0.818. The molecular formula is C11H18O4S. The highest BCUT2D eigenvalue weighted by Crippen LogP contribution is 2.42. The van der Waals surface area contributed by atoms with Gasteiger partial charge in [-0.3, -0.25) is 0 Å². The van der Waals surface area contributed by atoms with Crippen LogP contribution in [0.25, 0.3) is 0 Å². The molecule has 0 radical (unpaired) electrons. The van der Waals surface area contributed by atoms with E-state index in [2.05, 4.69) is 0 Å². The second-order valence-corrected chi connectivity index (χ2v) is 6.98. The summed E-state index contributed by atoms with van der Waals surface area (Å²) in [6.07, 6.45) is 6.19. The predicted molar refractivity (Wildman–Crippen MR) is 60.7 cm³/mol. The van der Waals surface area contributed by atoms with Gasteiger partial charge < -0.3 is 9.84 Å². The van der Waals surface area contributed by atoms with E-state index in [0.717, 1.165) is 24.8 Å². The Labute approximate surface area is 96.2 Å².